The van der Waals surface area contributed by atoms with E-state index in [4.69, 9.17) is 22.2 Å². The van der Waals surface area contributed by atoms with Gasteiger partial charge in [-0.05, 0) is 64.3 Å². The summed E-state index contributed by atoms with van der Waals surface area (Å²) in [6.45, 7) is 21.5. The highest BCUT2D eigenvalue weighted by atomic mass is 28.5. The molecule has 29 heavy (non-hydrogen) atoms. The Labute approximate surface area is 180 Å². The molecule has 0 radical (unpaired) electrons. The Hall–Kier alpha value is -0.572. The molecule has 0 bridgehead atoms. The third-order valence-electron chi connectivity index (χ3n) is 3.98. The fourth-order valence-electron chi connectivity index (χ4n) is 3.27. The number of rotatable bonds is 13. The molecule has 0 aliphatic carbocycles. The van der Waals surface area contributed by atoms with E-state index in [0.717, 1.165) is 18.6 Å². The van der Waals surface area contributed by atoms with Gasteiger partial charge in [0.1, 0.15) is 0 Å². The van der Waals surface area contributed by atoms with E-state index >= 15 is 0 Å². The third-order valence-corrected chi connectivity index (χ3v) is 18.1. The van der Waals surface area contributed by atoms with Crippen LogP contribution in [0.15, 0.2) is 12.2 Å². The number of carbonyl (C=O) groups is 2. The van der Waals surface area contributed by atoms with Crippen molar-refractivity contribution in [2.45, 2.75) is 84.2 Å². The summed E-state index contributed by atoms with van der Waals surface area (Å²) in [5.41, 5.74) is 0.251. The fourth-order valence-corrected chi connectivity index (χ4v) is 20.1. The summed E-state index contributed by atoms with van der Waals surface area (Å²) in [5.74, 6) is -1.82. The highest BCUT2D eigenvalue weighted by Crippen LogP contribution is 2.34. The van der Waals surface area contributed by atoms with Gasteiger partial charge in [0, 0.05) is 18.7 Å². The van der Waals surface area contributed by atoms with Crippen LogP contribution in [0.25, 0.3) is 0 Å². The van der Waals surface area contributed by atoms with E-state index in [9.17, 15) is 9.59 Å². The Morgan fingerprint density at radius 1 is 0.862 bits per heavy atom. The summed E-state index contributed by atoms with van der Waals surface area (Å²) in [6.07, 6.45) is 3.26. The summed E-state index contributed by atoms with van der Waals surface area (Å²) in [4.78, 5) is 22.1. The quantitative estimate of drug-likeness (QED) is 0.229. The molecule has 0 rings (SSSR count). The van der Waals surface area contributed by atoms with Crippen molar-refractivity contribution in [3.05, 3.63) is 12.2 Å². The van der Waals surface area contributed by atoms with Crippen LogP contribution in [0.5, 0.6) is 0 Å². The van der Waals surface area contributed by atoms with Gasteiger partial charge in [0.05, 0.1) is 6.61 Å². The second-order valence-corrected chi connectivity index (χ2v) is 26.4. The third kappa shape index (κ3) is 13.4. The number of esters is 1. The molecule has 1 atom stereocenters. The van der Waals surface area contributed by atoms with Gasteiger partial charge in [0.15, 0.2) is 25.0 Å². The number of aliphatic carboxylic acids is 1. The van der Waals surface area contributed by atoms with Crippen molar-refractivity contribution in [3.63, 3.8) is 0 Å². The molecule has 0 aliphatic rings. The number of hydrogen-bond acceptors (Lipinski definition) is 6. The lowest BCUT2D eigenvalue weighted by atomic mass is 10.2. The molecule has 1 N–H and O–H groups in total. The minimum absolute atomic E-state index is 0.225. The highest BCUT2D eigenvalue weighted by molar-refractivity contribution is 6.90. The van der Waals surface area contributed by atoms with Gasteiger partial charge in [-0.3, -0.25) is 0 Å². The van der Waals surface area contributed by atoms with Gasteiger partial charge in [0.2, 0.25) is 0 Å². The normalized spacial score (nSPS) is 14.8. The SMILES string of the molecule is CCC(CCOC(=O)C=CC(=O)O)[Si](C)(C)O[Si](C)(O[Si](C)(C)C)O[Si](C)(C)C. The molecule has 0 aromatic carbocycles. The van der Waals surface area contributed by atoms with Gasteiger partial charge in [-0.15, -0.1) is 0 Å². The Kier molecular flexibility index (Phi) is 10.9. The van der Waals surface area contributed by atoms with Crippen LogP contribution in [-0.4, -0.2) is 57.4 Å². The Morgan fingerprint density at radius 3 is 1.72 bits per heavy atom. The number of carboxylic acids is 1. The molecule has 0 fully saturated rings. The molecule has 0 amide bonds. The minimum atomic E-state index is -2.82. The molecule has 0 aromatic heterocycles. The predicted octanol–water partition coefficient (Wildman–Crippen LogP) is 4.83. The van der Waals surface area contributed by atoms with Crippen molar-refractivity contribution in [2.24, 2.45) is 0 Å². The summed E-state index contributed by atoms with van der Waals surface area (Å²) in [7, 11) is -8.77. The molecule has 1 unspecified atom stereocenters. The average Bonchev–Trinajstić information content (AvgIpc) is 2.43. The number of hydrogen-bond donors (Lipinski definition) is 1. The van der Waals surface area contributed by atoms with Gasteiger partial charge < -0.3 is 22.2 Å². The van der Waals surface area contributed by atoms with Crippen LogP contribution in [0.3, 0.4) is 0 Å². The van der Waals surface area contributed by atoms with Crippen molar-refractivity contribution < 1.29 is 31.8 Å². The van der Waals surface area contributed by atoms with Crippen molar-refractivity contribution in [1.29, 1.82) is 0 Å². The molecule has 0 saturated heterocycles. The first-order valence-corrected chi connectivity index (χ1v) is 22.1. The van der Waals surface area contributed by atoms with Crippen molar-refractivity contribution >= 4 is 45.7 Å². The summed E-state index contributed by atoms with van der Waals surface area (Å²) in [5, 5.41) is 8.57. The van der Waals surface area contributed by atoms with E-state index in [1.165, 1.54) is 0 Å². The first-order chi connectivity index (χ1) is 12.9. The zero-order valence-electron chi connectivity index (χ0n) is 19.8. The van der Waals surface area contributed by atoms with E-state index in [2.05, 4.69) is 59.3 Å². The van der Waals surface area contributed by atoms with Crippen LogP contribution in [0.2, 0.25) is 64.5 Å². The van der Waals surface area contributed by atoms with Crippen LogP contribution in [0, 0.1) is 0 Å². The van der Waals surface area contributed by atoms with E-state index < -0.39 is 45.7 Å². The summed E-state index contributed by atoms with van der Waals surface area (Å²) in [6, 6.07) is 0. The minimum Gasteiger partial charge on any atom is -0.478 e. The maximum atomic E-state index is 11.6. The smallest absolute Gasteiger partial charge is 0.466 e. The number of ether oxygens (including phenoxy) is 1. The van der Waals surface area contributed by atoms with Gasteiger partial charge in [-0.1, -0.05) is 13.3 Å². The molecule has 0 saturated carbocycles. The summed E-state index contributed by atoms with van der Waals surface area (Å²) >= 11 is 0. The highest BCUT2D eigenvalue weighted by Gasteiger charge is 2.48. The van der Waals surface area contributed by atoms with Crippen molar-refractivity contribution in [1.82, 2.24) is 0 Å². The lowest BCUT2D eigenvalue weighted by Crippen LogP contribution is -2.60. The van der Waals surface area contributed by atoms with Gasteiger partial charge in [-0.25, -0.2) is 9.59 Å². The van der Waals surface area contributed by atoms with E-state index in [0.29, 0.717) is 6.42 Å². The Bertz CT molecular complexity index is 564. The number of carboxylic acid groups (broad SMARTS) is 1. The second kappa shape index (κ2) is 11.2. The molecule has 170 valence electrons. The molecule has 0 aliphatic heterocycles. The van der Waals surface area contributed by atoms with Crippen LogP contribution in [-0.2, 0) is 26.7 Å². The topological polar surface area (TPSA) is 91.3 Å². The molecule has 11 heteroatoms. The fraction of sp³-hybridized carbons (Fsp3) is 0.778. The monoisotopic (exact) mass is 480 g/mol. The Morgan fingerprint density at radius 2 is 1.34 bits per heavy atom. The molecular formula is C18H40O7Si4. The standard InChI is InChI=1S/C18H40O7Si4/c1-11-16(14-15-22-18(21)13-12-17(19)20)28(8,9)25-29(10,23-26(2,3)4)24-27(5,6)7/h12-13,16H,11,14-15H2,1-10H3,(H,19,20). The maximum Gasteiger partial charge on any atom is 0.466 e. The first-order valence-electron chi connectivity index (χ1n) is 10.1. The lowest BCUT2D eigenvalue weighted by Gasteiger charge is -2.43. The van der Waals surface area contributed by atoms with Gasteiger partial charge in [-0.2, -0.15) is 0 Å². The molecule has 0 spiro atoms. The van der Waals surface area contributed by atoms with Gasteiger partial charge >= 0.3 is 20.7 Å². The number of carbonyl (C=O) groups excluding carboxylic acids is 1. The zero-order chi connectivity index (χ0) is 23.1. The van der Waals surface area contributed by atoms with Crippen LogP contribution in [0.1, 0.15) is 19.8 Å². The van der Waals surface area contributed by atoms with Crippen LogP contribution < -0.4 is 0 Å². The molecular weight excluding hydrogens is 441 g/mol. The molecule has 0 heterocycles. The average molecular weight is 481 g/mol. The largest absolute Gasteiger partial charge is 0.478 e. The van der Waals surface area contributed by atoms with E-state index in [-0.39, 0.29) is 12.1 Å². The lowest BCUT2D eigenvalue weighted by molar-refractivity contribution is -0.138. The zero-order valence-corrected chi connectivity index (χ0v) is 23.8. The molecule has 0 aromatic rings. The van der Waals surface area contributed by atoms with Crippen LogP contribution >= 0.6 is 0 Å². The van der Waals surface area contributed by atoms with Gasteiger partial charge in [0.25, 0.3) is 0 Å². The van der Waals surface area contributed by atoms with E-state index in [1.54, 1.807) is 0 Å². The maximum absolute atomic E-state index is 11.6. The molecule has 7 nitrogen and oxygen atoms in total. The first kappa shape index (κ1) is 28.4. The van der Waals surface area contributed by atoms with Crippen molar-refractivity contribution in [3.8, 4) is 0 Å². The van der Waals surface area contributed by atoms with Crippen molar-refractivity contribution in [2.75, 3.05) is 6.61 Å². The summed E-state index contributed by atoms with van der Waals surface area (Å²) < 4.78 is 24.9. The second-order valence-electron chi connectivity index (χ2n) is 9.73. The van der Waals surface area contributed by atoms with Crippen LogP contribution in [0.4, 0.5) is 0 Å². The predicted molar refractivity (Wildman–Crippen MR) is 125 cm³/mol. The van der Waals surface area contributed by atoms with E-state index in [1.807, 2.05) is 6.55 Å². The Balaban J connectivity index is 5.20.